The van der Waals surface area contributed by atoms with Crippen LogP contribution in [0.5, 0.6) is 5.75 Å². The first-order chi connectivity index (χ1) is 14.6. The van der Waals surface area contributed by atoms with Crippen LogP contribution in [0.25, 0.3) is 0 Å². The van der Waals surface area contributed by atoms with Crippen LogP contribution in [0.1, 0.15) is 23.6 Å². The zero-order chi connectivity index (χ0) is 20.9. The minimum absolute atomic E-state index is 0.0655. The largest absolute Gasteiger partial charge is 0.497 e. The molecule has 0 bridgehead atoms. The summed E-state index contributed by atoms with van der Waals surface area (Å²) < 4.78 is 5.29. The van der Waals surface area contributed by atoms with Gasteiger partial charge in [-0.05, 0) is 42.4 Å². The summed E-state index contributed by atoms with van der Waals surface area (Å²) in [7, 11) is 3.85. The van der Waals surface area contributed by atoms with E-state index in [-0.39, 0.29) is 11.9 Å². The molecular formula is C24H32N4O2. The van der Waals surface area contributed by atoms with Gasteiger partial charge in [0.1, 0.15) is 5.75 Å². The molecule has 2 fully saturated rings. The maximum absolute atomic E-state index is 12.3. The van der Waals surface area contributed by atoms with Gasteiger partial charge in [0.25, 0.3) is 0 Å². The molecule has 1 atom stereocenters. The van der Waals surface area contributed by atoms with Crippen molar-refractivity contribution in [3.63, 3.8) is 0 Å². The lowest BCUT2D eigenvalue weighted by Crippen LogP contribution is -2.44. The molecule has 6 nitrogen and oxygen atoms in total. The van der Waals surface area contributed by atoms with E-state index in [4.69, 9.17) is 4.74 Å². The van der Waals surface area contributed by atoms with E-state index in [9.17, 15) is 4.79 Å². The molecule has 0 radical (unpaired) electrons. The van der Waals surface area contributed by atoms with Crippen LogP contribution in [0, 0.1) is 0 Å². The summed E-state index contributed by atoms with van der Waals surface area (Å²) in [4.78, 5) is 19.5. The standard InChI is InChI=1S/C24H32N4O2/c1-26-13-15-27(16-14-26)21-7-3-19(4-8-21)18-28-12-11-25-24(29)17-23(28)20-5-9-22(30-2)10-6-20/h3-10,23H,11-18H2,1-2H3,(H,25,29). The Hall–Kier alpha value is -2.57. The van der Waals surface area contributed by atoms with E-state index in [2.05, 4.69) is 63.5 Å². The Labute approximate surface area is 179 Å². The number of amides is 1. The van der Waals surface area contributed by atoms with Crippen LogP contribution in [0.3, 0.4) is 0 Å². The van der Waals surface area contributed by atoms with Crippen LogP contribution < -0.4 is 15.0 Å². The Balaban J connectivity index is 1.48. The van der Waals surface area contributed by atoms with Crippen LogP contribution in [-0.2, 0) is 11.3 Å². The van der Waals surface area contributed by atoms with Gasteiger partial charge in [-0.3, -0.25) is 9.69 Å². The summed E-state index contributed by atoms with van der Waals surface area (Å²) in [5.41, 5.74) is 3.73. The Morgan fingerprint density at radius 1 is 0.967 bits per heavy atom. The maximum Gasteiger partial charge on any atom is 0.221 e. The Kier molecular flexibility index (Phi) is 6.55. The van der Waals surface area contributed by atoms with Gasteiger partial charge >= 0.3 is 0 Å². The quantitative estimate of drug-likeness (QED) is 0.824. The van der Waals surface area contributed by atoms with E-state index in [1.807, 2.05) is 12.1 Å². The fraction of sp³-hybridized carbons (Fsp3) is 0.458. The fourth-order valence-electron chi connectivity index (χ4n) is 4.33. The second-order valence-corrected chi connectivity index (χ2v) is 8.27. The van der Waals surface area contributed by atoms with Crippen LogP contribution in [0.2, 0.25) is 0 Å². The van der Waals surface area contributed by atoms with E-state index >= 15 is 0 Å². The average Bonchev–Trinajstić information content (AvgIpc) is 2.96. The van der Waals surface area contributed by atoms with Gasteiger partial charge in [-0.1, -0.05) is 24.3 Å². The predicted octanol–water partition coefficient (Wildman–Crippen LogP) is 2.51. The van der Waals surface area contributed by atoms with Crippen molar-refractivity contribution in [2.45, 2.75) is 19.0 Å². The predicted molar refractivity (Wildman–Crippen MR) is 120 cm³/mol. The van der Waals surface area contributed by atoms with Crippen LogP contribution in [0.4, 0.5) is 5.69 Å². The van der Waals surface area contributed by atoms with Gasteiger partial charge in [0.2, 0.25) is 5.91 Å². The number of carbonyl (C=O) groups is 1. The van der Waals surface area contributed by atoms with Crippen LogP contribution >= 0.6 is 0 Å². The highest BCUT2D eigenvalue weighted by molar-refractivity contribution is 5.77. The number of nitrogens with zero attached hydrogens (tertiary/aromatic N) is 3. The third-order valence-corrected chi connectivity index (χ3v) is 6.23. The lowest BCUT2D eigenvalue weighted by molar-refractivity contribution is -0.121. The SMILES string of the molecule is COc1ccc(C2CC(=O)NCCN2Cc2ccc(N3CCN(C)CC3)cc2)cc1. The Morgan fingerprint density at radius 3 is 2.33 bits per heavy atom. The van der Waals surface area contributed by atoms with Gasteiger partial charge < -0.3 is 19.9 Å². The number of anilines is 1. The average molecular weight is 409 g/mol. The van der Waals surface area contributed by atoms with Crippen molar-refractivity contribution in [3.8, 4) is 5.75 Å². The molecule has 0 aliphatic carbocycles. The lowest BCUT2D eigenvalue weighted by atomic mass is 10.0. The topological polar surface area (TPSA) is 48.1 Å². The van der Waals surface area contributed by atoms with E-state index < -0.39 is 0 Å². The summed E-state index contributed by atoms with van der Waals surface area (Å²) >= 11 is 0. The van der Waals surface area contributed by atoms with Gasteiger partial charge in [-0.15, -0.1) is 0 Å². The summed E-state index contributed by atoms with van der Waals surface area (Å²) in [6.45, 7) is 6.73. The van der Waals surface area contributed by atoms with E-state index in [0.29, 0.717) is 13.0 Å². The summed E-state index contributed by atoms with van der Waals surface area (Å²) in [6.07, 6.45) is 0.478. The molecular weight excluding hydrogens is 376 g/mol. The second kappa shape index (κ2) is 9.49. The highest BCUT2D eigenvalue weighted by atomic mass is 16.5. The number of nitrogens with one attached hydrogen (secondary N) is 1. The summed E-state index contributed by atoms with van der Waals surface area (Å²) in [5, 5.41) is 3.02. The molecule has 2 aliphatic rings. The van der Waals surface area contributed by atoms with Crippen molar-refractivity contribution in [1.82, 2.24) is 15.1 Å². The van der Waals surface area contributed by atoms with Crippen molar-refractivity contribution in [2.75, 3.05) is 58.3 Å². The van der Waals surface area contributed by atoms with E-state index in [0.717, 1.165) is 50.6 Å². The zero-order valence-corrected chi connectivity index (χ0v) is 18.0. The molecule has 4 rings (SSSR count). The first-order valence-electron chi connectivity index (χ1n) is 10.8. The molecule has 6 heteroatoms. The van der Waals surface area contributed by atoms with Gasteiger partial charge in [-0.25, -0.2) is 0 Å². The molecule has 1 N–H and O–H groups in total. The Bertz CT molecular complexity index is 829. The molecule has 2 aliphatic heterocycles. The number of methoxy groups -OCH3 is 1. The first kappa shape index (κ1) is 20.7. The summed E-state index contributed by atoms with van der Waals surface area (Å²) in [5.74, 6) is 0.951. The molecule has 2 saturated heterocycles. The molecule has 1 amide bonds. The number of hydrogen-bond acceptors (Lipinski definition) is 5. The number of rotatable bonds is 5. The number of hydrogen-bond donors (Lipinski definition) is 1. The minimum atomic E-state index is 0.0655. The van der Waals surface area contributed by atoms with Crippen molar-refractivity contribution >= 4 is 11.6 Å². The van der Waals surface area contributed by atoms with Gasteiger partial charge in [-0.2, -0.15) is 0 Å². The third kappa shape index (κ3) is 4.94. The van der Waals surface area contributed by atoms with Gasteiger partial charge in [0, 0.05) is 64.0 Å². The lowest BCUT2D eigenvalue weighted by Gasteiger charge is -2.34. The number of benzene rings is 2. The minimum Gasteiger partial charge on any atom is -0.497 e. The van der Waals surface area contributed by atoms with Crippen molar-refractivity contribution in [1.29, 1.82) is 0 Å². The summed E-state index contributed by atoms with van der Waals surface area (Å²) in [6, 6.07) is 17.1. The molecule has 0 saturated carbocycles. The molecule has 2 aromatic carbocycles. The fourth-order valence-corrected chi connectivity index (χ4v) is 4.33. The van der Waals surface area contributed by atoms with Crippen molar-refractivity contribution < 1.29 is 9.53 Å². The highest BCUT2D eigenvalue weighted by Crippen LogP contribution is 2.29. The zero-order valence-electron chi connectivity index (χ0n) is 18.0. The highest BCUT2D eigenvalue weighted by Gasteiger charge is 2.26. The third-order valence-electron chi connectivity index (χ3n) is 6.23. The van der Waals surface area contributed by atoms with Crippen molar-refractivity contribution in [2.24, 2.45) is 0 Å². The van der Waals surface area contributed by atoms with Crippen LogP contribution in [-0.4, -0.2) is 69.1 Å². The number of likely N-dealkylation sites (N-methyl/N-ethyl adjacent to an activating group) is 1. The number of ether oxygens (including phenoxy) is 1. The van der Waals surface area contributed by atoms with E-state index in [1.54, 1.807) is 7.11 Å². The van der Waals surface area contributed by atoms with Crippen LogP contribution in [0.15, 0.2) is 48.5 Å². The molecule has 160 valence electrons. The monoisotopic (exact) mass is 408 g/mol. The smallest absolute Gasteiger partial charge is 0.221 e. The molecule has 2 heterocycles. The van der Waals surface area contributed by atoms with E-state index in [1.165, 1.54) is 11.3 Å². The van der Waals surface area contributed by atoms with Crippen molar-refractivity contribution in [3.05, 3.63) is 59.7 Å². The Morgan fingerprint density at radius 2 is 1.67 bits per heavy atom. The molecule has 30 heavy (non-hydrogen) atoms. The second-order valence-electron chi connectivity index (χ2n) is 8.27. The van der Waals surface area contributed by atoms with Gasteiger partial charge in [0.15, 0.2) is 0 Å². The molecule has 2 aromatic rings. The normalized spacial score (nSPS) is 21.2. The first-order valence-corrected chi connectivity index (χ1v) is 10.8. The molecule has 1 unspecified atom stereocenters. The van der Waals surface area contributed by atoms with Gasteiger partial charge in [0.05, 0.1) is 7.11 Å². The molecule has 0 aromatic heterocycles. The molecule has 0 spiro atoms. The number of piperazine rings is 1. The number of carbonyl (C=O) groups excluding carboxylic acids is 1. The maximum atomic E-state index is 12.3.